The summed E-state index contributed by atoms with van der Waals surface area (Å²) < 4.78 is 15.5. The van der Waals surface area contributed by atoms with Crippen LogP contribution in [0.1, 0.15) is 11.1 Å². The first-order valence-electron chi connectivity index (χ1n) is 4.86. The van der Waals surface area contributed by atoms with Crippen LogP contribution in [0.25, 0.3) is 0 Å². The van der Waals surface area contributed by atoms with Gasteiger partial charge < -0.3 is 4.57 Å². The number of halogens is 1. The van der Waals surface area contributed by atoms with Crippen molar-refractivity contribution in [2.45, 2.75) is 10.9 Å². The normalized spacial score (nSPS) is 10.2. The molecule has 17 heavy (non-hydrogen) atoms. The fourth-order valence-electron chi connectivity index (χ4n) is 1.32. The summed E-state index contributed by atoms with van der Waals surface area (Å²) in [6.07, 6.45) is 1.59. The molecule has 0 saturated carbocycles. The van der Waals surface area contributed by atoms with Crippen LogP contribution < -0.4 is 0 Å². The molecule has 1 aromatic carbocycles. The number of thioether (sulfide) groups is 1. The van der Waals surface area contributed by atoms with Gasteiger partial charge >= 0.3 is 0 Å². The van der Waals surface area contributed by atoms with Gasteiger partial charge in [-0.25, -0.2) is 4.39 Å². The van der Waals surface area contributed by atoms with Crippen LogP contribution in [0, 0.1) is 17.1 Å². The van der Waals surface area contributed by atoms with E-state index in [0.29, 0.717) is 16.5 Å². The van der Waals surface area contributed by atoms with Crippen molar-refractivity contribution in [3.05, 3.63) is 41.5 Å². The Morgan fingerprint density at radius 2 is 2.35 bits per heavy atom. The van der Waals surface area contributed by atoms with E-state index in [-0.39, 0.29) is 5.56 Å². The summed E-state index contributed by atoms with van der Waals surface area (Å²) in [5, 5.41) is 17.1. The zero-order valence-corrected chi connectivity index (χ0v) is 9.91. The van der Waals surface area contributed by atoms with E-state index in [0.717, 1.165) is 0 Å². The molecule has 2 rings (SSSR count). The third-order valence-corrected chi connectivity index (χ3v) is 3.31. The number of benzene rings is 1. The standard InChI is InChI=1S/C11H9FN4S/c1-16-7-14-15-11(16)17-6-9-4-2-3-8(5-13)10(9)12/h2-4,7H,6H2,1H3. The minimum atomic E-state index is -0.454. The average molecular weight is 248 g/mol. The Labute approximate surface area is 102 Å². The van der Waals surface area contributed by atoms with E-state index in [9.17, 15) is 4.39 Å². The molecule has 0 bridgehead atoms. The number of aromatic nitrogens is 3. The molecule has 0 amide bonds. The Kier molecular flexibility index (Phi) is 3.40. The van der Waals surface area contributed by atoms with E-state index < -0.39 is 5.82 Å². The van der Waals surface area contributed by atoms with Crippen molar-refractivity contribution in [3.63, 3.8) is 0 Å². The number of aryl methyl sites for hydroxylation is 1. The van der Waals surface area contributed by atoms with Crippen LogP contribution >= 0.6 is 11.8 Å². The molecule has 0 unspecified atom stereocenters. The smallest absolute Gasteiger partial charge is 0.191 e. The number of nitrogens with zero attached hydrogens (tertiary/aromatic N) is 4. The monoisotopic (exact) mass is 248 g/mol. The van der Waals surface area contributed by atoms with Crippen molar-refractivity contribution < 1.29 is 4.39 Å². The van der Waals surface area contributed by atoms with E-state index in [4.69, 9.17) is 5.26 Å². The van der Waals surface area contributed by atoms with Gasteiger partial charge in [0, 0.05) is 12.8 Å². The van der Waals surface area contributed by atoms with Crippen LogP contribution in [0.2, 0.25) is 0 Å². The van der Waals surface area contributed by atoms with Crippen LogP contribution in [0.5, 0.6) is 0 Å². The third kappa shape index (κ3) is 2.45. The van der Waals surface area contributed by atoms with Gasteiger partial charge in [0.15, 0.2) is 5.16 Å². The molecule has 0 spiro atoms. The van der Waals surface area contributed by atoms with Crippen molar-refractivity contribution in [3.8, 4) is 6.07 Å². The van der Waals surface area contributed by atoms with Crippen LogP contribution in [0.3, 0.4) is 0 Å². The van der Waals surface area contributed by atoms with Crippen LogP contribution in [0.15, 0.2) is 29.7 Å². The molecule has 0 N–H and O–H groups in total. The molecule has 0 aliphatic rings. The topological polar surface area (TPSA) is 54.5 Å². The molecular formula is C11H9FN4S. The number of rotatable bonds is 3. The minimum absolute atomic E-state index is 0.0704. The molecular weight excluding hydrogens is 239 g/mol. The van der Waals surface area contributed by atoms with Gasteiger partial charge in [0.1, 0.15) is 18.2 Å². The Hall–Kier alpha value is -1.87. The largest absolute Gasteiger partial charge is 0.312 e. The second-order valence-electron chi connectivity index (χ2n) is 3.40. The lowest BCUT2D eigenvalue weighted by molar-refractivity contribution is 0.613. The maximum atomic E-state index is 13.7. The summed E-state index contributed by atoms with van der Waals surface area (Å²) in [6.45, 7) is 0. The number of nitriles is 1. The van der Waals surface area contributed by atoms with Gasteiger partial charge in [-0.05, 0) is 11.6 Å². The van der Waals surface area contributed by atoms with Crippen LogP contribution in [0.4, 0.5) is 4.39 Å². The molecule has 2 aromatic rings. The highest BCUT2D eigenvalue weighted by Crippen LogP contribution is 2.22. The molecule has 0 atom stereocenters. The lowest BCUT2D eigenvalue weighted by Gasteiger charge is -2.03. The highest BCUT2D eigenvalue weighted by molar-refractivity contribution is 7.98. The first-order chi connectivity index (χ1) is 8.22. The SMILES string of the molecule is Cn1cnnc1SCc1cccc(C#N)c1F. The minimum Gasteiger partial charge on any atom is -0.312 e. The summed E-state index contributed by atoms with van der Waals surface area (Å²) in [6, 6.07) is 6.63. The van der Waals surface area contributed by atoms with Gasteiger partial charge in [-0.15, -0.1) is 10.2 Å². The lowest BCUT2D eigenvalue weighted by Crippen LogP contribution is -1.94. The van der Waals surface area contributed by atoms with Gasteiger partial charge in [-0.3, -0.25) is 0 Å². The predicted molar refractivity (Wildman–Crippen MR) is 61.7 cm³/mol. The molecule has 1 aromatic heterocycles. The fraction of sp³-hybridized carbons (Fsp3) is 0.182. The predicted octanol–water partition coefficient (Wildman–Crippen LogP) is 2.12. The highest BCUT2D eigenvalue weighted by atomic mass is 32.2. The van der Waals surface area contributed by atoms with Gasteiger partial charge in [0.05, 0.1) is 5.56 Å². The Bertz CT molecular complexity index is 573. The lowest BCUT2D eigenvalue weighted by atomic mass is 10.1. The quantitative estimate of drug-likeness (QED) is 0.781. The summed E-state index contributed by atoms with van der Waals surface area (Å²) in [7, 11) is 1.82. The molecule has 1 heterocycles. The van der Waals surface area contributed by atoms with Crippen LogP contribution in [-0.4, -0.2) is 14.8 Å². The van der Waals surface area contributed by atoms with Gasteiger partial charge in [-0.2, -0.15) is 5.26 Å². The summed E-state index contributed by atoms with van der Waals surface area (Å²) in [5.41, 5.74) is 0.568. The van der Waals surface area contributed by atoms with E-state index in [2.05, 4.69) is 10.2 Å². The van der Waals surface area contributed by atoms with Crippen molar-refractivity contribution in [1.82, 2.24) is 14.8 Å². The van der Waals surface area contributed by atoms with Gasteiger partial charge in [0.25, 0.3) is 0 Å². The van der Waals surface area contributed by atoms with Crippen molar-refractivity contribution in [2.75, 3.05) is 0 Å². The molecule has 0 saturated heterocycles. The molecule has 86 valence electrons. The first kappa shape index (κ1) is 11.6. The van der Waals surface area contributed by atoms with Crippen molar-refractivity contribution in [2.24, 2.45) is 7.05 Å². The van der Waals surface area contributed by atoms with Crippen LogP contribution in [-0.2, 0) is 12.8 Å². The Balaban J connectivity index is 2.15. The van der Waals surface area contributed by atoms with Gasteiger partial charge in [0.2, 0.25) is 0 Å². The Morgan fingerprint density at radius 1 is 1.53 bits per heavy atom. The van der Waals surface area contributed by atoms with E-state index in [1.807, 2.05) is 13.1 Å². The zero-order chi connectivity index (χ0) is 12.3. The second kappa shape index (κ2) is 4.97. The highest BCUT2D eigenvalue weighted by Gasteiger charge is 2.09. The second-order valence-corrected chi connectivity index (χ2v) is 4.35. The first-order valence-corrected chi connectivity index (χ1v) is 5.85. The maximum Gasteiger partial charge on any atom is 0.191 e. The van der Waals surface area contributed by atoms with Gasteiger partial charge in [-0.1, -0.05) is 23.9 Å². The number of hydrogen-bond donors (Lipinski definition) is 0. The van der Waals surface area contributed by atoms with E-state index in [1.54, 1.807) is 23.0 Å². The van der Waals surface area contributed by atoms with E-state index >= 15 is 0 Å². The molecule has 0 aliphatic heterocycles. The fourth-order valence-corrected chi connectivity index (χ4v) is 2.19. The average Bonchev–Trinajstić information content (AvgIpc) is 2.74. The summed E-state index contributed by atoms with van der Waals surface area (Å²) >= 11 is 1.38. The van der Waals surface area contributed by atoms with Crippen molar-refractivity contribution in [1.29, 1.82) is 5.26 Å². The zero-order valence-electron chi connectivity index (χ0n) is 9.09. The summed E-state index contributed by atoms with van der Waals surface area (Å²) in [4.78, 5) is 0. The molecule has 0 fully saturated rings. The van der Waals surface area contributed by atoms with Crippen molar-refractivity contribution >= 4 is 11.8 Å². The molecule has 4 nitrogen and oxygen atoms in total. The van der Waals surface area contributed by atoms with E-state index in [1.165, 1.54) is 17.8 Å². The summed E-state index contributed by atoms with van der Waals surface area (Å²) in [5.74, 6) is -0.0295. The molecule has 0 radical (unpaired) electrons. The maximum absolute atomic E-state index is 13.7. The number of hydrogen-bond acceptors (Lipinski definition) is 4. The third-order valence-electron chi connectivity index (χ3n) is 2.23. The molecule has 0 aliphatic carbocycles. The molecule has 6 heteroatoms. The Morgan fingerprint density at radius 3 is 3.00 bits per heavy atom.